The number of benzene rings is 1. The molecular formula is C22H25BFNO2. The number of halogens is 1. The normalized spacial score (nSPS) is 18.7. The first kappa shape index (κ1) is 19.5. The minimum atomic E-state index is -0.734. The second-order valence-electron chi connectivity index (χ2n) is 7.81. The summed E-state index contributed by atoms with van der Waals surface area (Å²) in [6, 6.07) is 5.51. The van der Waals surface area contributed by atoms with Crippen molar-refractivity contribution >= 4 is 23.4 Å². The molecule has 27 heavy (non-hydrogen) atoms. The van der Waals surface area contributed by atoms with Crippen LogP contribution in [0, 0.1) is 5.82 Å². The van der Waals surface area contributed by atoms with Crippen LogP contribution in [-0.4, -0.2) is 23.3 Å². The van der Waals surface area contributed by atoms with Gasteiger partial charge in [-0.3, -0.25) is 4.98 Å². The van der Waals surface area contributed by atoms with Gasteiger partial charge in [-0.15, -0.1) is 0 Å². The Balaban J connectivity index is 1.95. The topological polar surface area (TPSA) is 31.4 Å². The monoisotopic (exact) mass is 365 g/mol. The SMILES string of the molecule is C=C/C=C(\C=C)Cc1cc2ccc(B3OC(C)(C)C(C)(C)O3)c(F)c2cn1. The maximum Gasteiger partial charge on any atom is 0.497 e. The Morgan fingerprint density at radius 3 is 2.44 bits per heavy atom. The number of hydrogen-bond donors (Lipinski definition) is 0. The van der Waals surface area contributed by atoms with E-state index in [4.69, 9.17) is 9.31 Å². The third kappa shape index (κ3) is 3.62. The van der Waals surface area contributed by atoms with Crippen LogP contribution in [0.4, 0.5) is 4.39 Å². The van der Waals surface area contributed by atoms with E-state index in [-0.39, 0.29) is 5.82 Å². The van der Waals surface area contributed by atoms with Crippen molar-refractivity contribution in [2.45, 2.75) is 45.3 Å². The molecule has 0 radical (unpaired) electrons. The summed E-state index contributed by atoms with van der Waals surface area (Å²) >= 11 is 0. The zero-order chi connectivity index (χ0) is 19.8. The first-order chi connectivity index (χ1) is 12.7. The van der Waals surface area contributed by atoms with E-state index in [2.05, 4.69) is 18.1 Å². The van der Waals surface area contributed by atoms with Gasteiger partial charge in [-0.2, -0.15) is 0 Å². The van der Waals surface area contributed by atoms with Gasteiger partial charge in [0.05, 0.1) is 11.2 Å². The van der Waals surface area contributed by atoms with Crippen LogP contribution in [0.15, 0.2) is 61.4 Å². The van der Waals surface area contributed by atoms with Gasteiger partial charge >= 0.3 is 7.12 Å². The molecule has 3 nitrogen and oxygen atoms in total. The predicted molar refractivity (Wildman–Crippen MR) is 110 cm³/mol. The van der Waals surface area contributed by atoms with Crippen molar-refractivity contribution in [1.29, 1.82) is 0 Å². The Labute approximate surface area is 160 Å². The minimum absolute atomic E-state index is 0.351. The van der Waals surface area contributed by atoms with Crippen LogP contribution in [-0.2, 0) is 15.7 Å². The van der Waals surface area contributed by atoms with Crippen LogP contribution in [0.25, 0.3) is 10.8 Å². The minimum Gasteiger partial charge on any atom is -0.399 e. The molecule has 1 aliphatic rings. The number of allylic oxidation sites excluding steroid dienone is 4. The van der Waals surface area contributed by atoms with Gasteiger partial charge < -0.3 is 9.31 Å². The first-order valence-corrected chi connectivity index (χ1v) is 9.05. The van der Waals surface area contributed by atoms with Crippen molar-refractivity contribution in [1.82, 2.24) is 4.98 Å². The molecule has 0 atom stereocenters. The lowest BCUT2D eigenvalue weighted by Crippen LogP contribution is -2.41. The van der Waals surface area contributed by atoms with Gasteiger partial charge in [-0.05, 0) is 44.7 Å². The third-order valence-electron chi connectivity index (χ3n) is 5.41. The van der Waals surface area contributed by atoms with Gasteiger partial charge in [0.15, 0.2) is 0 Å². The summed E-state index contributed by atoms with van der Waals surface area (Å²) in [7, 11) is -0.734. The molecule has 1 saturated heterocycles. The Hall–Kier alpha value is -2.24. The molecule has 0 unspecified atom stereocenters. The smallest absolute Gasteiger partial charge is 0.399 e. The fourth-order valence-electron chi connectivity index (χ4n) is 3.05. The largest absolute Gasteiger partial charge is 0.497 e. The number of fused-ring (bicyclic) bond motifs is 1. The molecule has 1 aromatic carbocycles. The van der Waals surface area contributed by atoms with Gasteiger partial charge in [-0.25, -0.2) is 4.39 Å². The molecule has 0 amide bonds. The maximum absolute atomic E-state index is 15.2. The van der Waals surface area contributed by atoms with E-state index in [9.17, 15) is 0 Å². The lowest BCUT2D eigenvalue weighted by atomic mass is 9.77. The summed E-state index contributed by atoms with van der Waals surface area (Å²) in [6.07, 6.45) is 7.57. The highest BCUT2D eigenvalue weighted by Crippen LogP contribution is 2.37. The molecular weight excluding hydrogens is 340 g/mol. The molecule has 2 heterocycles. The van der Waals surface area contributed by atoms with Crippen molar-refractivity contribution < 1.29 is 13.7 Å². The van der Waals surface area contributed by atoms with Crippen molar-refractivity contribution in [3.05, 3.63) is 72.9 Å². The number of nitrogens with zero attached hydrogens (tertiary/aromatic N) is 1. The zero-order valence-corrected chi connectivity index (χ0v) is 16.4. The molecule has 3 rings (SSSR count). The molecule has 2 aromatic rings. The van der Waals surface area contributed by atoms with Crippen LogP contribution >= 0.6 is 0 Å². The zero-order valence-electron chi connectivity index (χ0n) is 16.4. The number of rotatable bonds is 5. The van der Waals surface area contributed by atoms with Crippen molar-refractivity contribution in [2.75, 3.05) is 0 Å². The number of pyridine rings is 1. The predicted octanol–water partition coefficient (Wildman–Crippen LogP) is 4.51. The van der Waals surface area contributed by atoms with E-state index in [0.29, 0.717) is 17.3 Å². The van der Waals surface area contributed by atoms with Gasteiger partial charge in [0.1, 0.15) is 5.82 Å². The van der Waals surface area contributed by atoms with E-state index in [0.717, 1.165) is 16.7 Å². The van der Waals surface area contributed by atoms with Gasteiger partial charge in [0, 0.05) is 29.2 Å². The maximum atomic E-state index is 15.2. The highest BCUT2D eigenvalue weighted by atomic mass is 19.1. The summed E-state index contributed by atoms with van der Waals surface area (Å²) in [5, 5.41) is 1.25. The van der Waals surface area contributed by atoms with Crippen molar-refractivity contribution in [3.63, 3.8) is 0 Å². The highest BCUT2D eigenvalue weighted by molar-refractivity contribution is 6.62. The number of hydrogen-bond acceptors (Lipinski definition) is 3. The van der Waals surface area contributed by atoms with E-state index in [1.807, 2.05) is 45.9 Å². The molecule has 140 valence electrons. The van der Waals surface area contributed by atoms with Crippen molar-refractivity contribution in [2.24, 2.45) is 0 Å². The quantitative estimate of drug-likeness (QED) is 0.577. The fourth-order valence-corrected chi connectivity index (χ4v) is 3.05. The standard InChI is InChI=1S/C22H25BFNO2/c1-7-9-15(8-2)12-17-13-16-10-11-19(20(24)18(16)14-25-17)23-26-21(3,4)22(5,6)27-23/h7-11,13-14H,1-2,12H2,3-6H3/b15-9+. The summed E-state index contributed by atoms with van der Waals surface area (Å²) in [6.45, 7) is 15.3. The van der Waals surface area contributed by atoms with Crippen LogP contribution < -0.4 is 5.46 Å². The lowest BCUT2D eigenvalue weighted by Gasteiger charge is -2.32. The second-order valence-corrected chi connectivity index (χ2v) is 7.81. The Kier molecular flexibility index (Phi) is 5.11. The molecule has 0 N–H and O–H groups in total. The molecule has 0 aliphatic carbocycles. The average molecular weight is 365 g/mol. The summed E-state index contributed by atoms with van der Waals surface area (Å²) < 4.78 is 27.1. The molecule has 1 fully saturated rings. The molecule has 0 bridgehead atoms. The van der Waals surface area contributed by atoms with Crippen LogP contribution in [0.3, 0.4) is 0 Å². The van der Waals surface area contributed by atoms with Crippen LogP contribution in [0.5, 0.6) is 0 Å². The van der Waals surface area contributed by atoms with E-state index in [1.54, 1.807) is 24.4 Å². The molecule has 0 spiro atoms. The molecule has 1 aliphatic heterocycles. The average Bonchev–Trinajstić information content (AvgIpc) is 2.82. The van der Waals surface area contributed by atoms with Gasteiger partial charge in [0.2, 0.25) is 0 Å². The van der Waals surface area contributed by atoms with Crippen LogP contribution in [0.1, 0.15) is 33.4 Å². The highest BCUT2D eigenvalue weighted by Gasteiger charge is 2.52. The fraction of sp³-hybridized carbons (Fsp3) is 0.318. The van der Waals surface area contributed by atoms with E-state index >= 15 is 4.39 Å². The lowest BCUT2D eigenvalue weighted by molar-refractivity contribution is 0.00578. The van der Waals surface area contributed by atoms with E-state index in [1.165, 1.54) is 0 Å². The number of aromatic nitrogens is 1. The Morgan fingerprint density at radius 2 is 1.85 bits per heavy atom. The Bertz CT molecular complexity index is 917. The molecule has 0 saturated carbocycles. The van der Waals surface area contributed by atoms with E-state index < -0.39 is 18.3 Å². The van der Waals surface area contributed by atoms with Crippen molar-refractivity contribution in [3.8, 4) is 0 Å². The Morgan fingerprint density at radius 1 is 1.19 bits per heavy atom. The van der Waals surface area contributed by atoms with Gasteiger partial charge in [0.25, 0.3) is 0 Å². The van der Waals surface area contributed by atoms with Gasteiger partial charge in [-0.1, -0.05) is 43.5 Å². The summed E-state index contributed by atoms with van der Waals surface area (Å²) in [4.78, 5) is 4.42. The summed E-state index contributed by atoms with van der Waals surface area (Å²) in [5.74, 6) is -0.351. The second kappa shape index (κ2) is 7.06. The molecule has 5 heteroatoms. The molecule has 1 aromatic heterocycles. The van der Waals surface area contributed by atoms with Crippen LogP contribution in [0.2, 0.25) is 0 Å². The summed E-state index contributed by atoms with van der Waals surface area (Å²) in [5.41, 5.74) is 1.22. The third-order valence-corrected chi connectivity index (χ3v) is 5.41. The first-order valence-electron chi connectivity index (χ1n) is 9.05.